The molecule has 5 rings (SSSR count). The van der Waals surface area contributed by atoms with Gasteiger partial charge in [0.15, 0.2) is 10.9 Å². The molecule has 0 N–H and O–H groups in total. The first-order chi connectivity index (χ1) is 11.6. The summed E-state index contributed by atoms with van der Waals surface area (Å²) in [6.45, 7) is 7.88. The Kier molecular flexibility index (Phi) is 2.30. The molecule has 0 spiro atoms. The van der Waals surface area contributed by atoms with E-state index in [0.717, 1.165) is 32.5 Å². The van der Waals surface area contributed by atoms with Crippen LogP contribution in [0.1, 0.15) is 5.56 Å². The molecule has 0 atom stereocenters. The first-order valence-electron chi connectivity index (χ1n) is 7.77. The Bertz CT molecular complexity index is 1410. The molecule has 0 amide bonds. The SMILES string of the molecule is C=Cc1c(=O)c2ccc3cccc4c(=O)c5ccc(=C)c1c5-c2c34. The van der Waals surface area contributed by atoms with Crippen molar-refractivity contribution >= 4 is 45.0 Å². The third-order valence-corrected chi connectivity index (χ3v) is 5.04. The highest BCUT2D eigenvalue weighted by Gasteiger charge is 2.24. The molecule has 2 nitrogen and oxygen atoms in total. The minimum Gasteiger partial charge on any atom is -0.289 e. The number of hydrogen-bond acceptors (Lipinski definition) is 2. The van der Waals surface area contributed by atoms with Gasteiger partial charge in [0.1, 0.15) is 0 Å². The van der Waals surface area contributed by atoms with Crippen LogP contribution in [0, 0.1) is 0 Å². The van der Waals surface area contributed by atoms with Crippen molar-refractivity contribution in [2.75, 3.05) is 0 Å². The van der Waals surface area contributed by atoms with Crippen LogP contribution in [0.5, 0.6) is 0 Å². The summed E-state index contributed by atoms with van der Waals surface area (Å²) in [5, 5.41) is 5.27. The molecule has 0 bridgehead atoms. The third kappa shape index (κ3) is 1.32. The molecule has 3 aromatic carbocycles. The zero-order valence-electron chi connectivity index (χ0n) is 12.8. The Balaban J connectivity index is 2.38. The lowest BCUT2D eigenvalue weighted by Crippen LogP contribution is -2.18. The van der Waals surface area contributed by atoms with Crippen LogP contribution >= 0.6 is 0 Å². The van der Waals surface area contributed by atoms with Crippen LogP contribution < -0.4 is 16.1 Å². The molecule has 0 saturated heterocycles. The summed E-state index contributed by atoms with van der Waals surface area (Å²) in [6, 6.07) is 13.1. The van der Waals surface area contributed by atoms with Crippen molar-refractivity contribution in [2.45, 2.75) is 0 Å². The van der Waals surface area contributed by atoms with Crippen LogP contribution in [0.3, 0.4) is 0 Å². The average molecular weight is 308 g/mol. The molecule has 0 unspecified atom stereocenters. The van der Waals surface area contributed by atoms with Crippen LogP contribution in [-0.2, 0) is 0 Å². The van der Waals surface area contributed by atoms with Gasteiger partial charge in [0.2, 0.25) is 0 Å². The second-order valence-electron chi connectivity index (χ2n) is 6.19. The van der Waals surface area contributed by atoms with E-state index in [2.05, 4.69) is 13.2 Å². The Morgan fingerprint density at radius 2 is 1.46 bits per heavy atom. The smallest absolute Gasteiger partial charge is 0.194 e. The number of rotatable bonds is 1. The van der Waals surface area contributed by atoms with Gasteiger partial charge in [-0.25, -0.2) is 0 Å². The Labute approximate surface area is 137 Å². The van der Waals surface area contributed by atoms with E-state index >= 15 is 0 Å². The number of hydrogen-bond donors (Lipinski definition) is 0. The van der Waals surface area contributed by atoms with Crippen LogP contribution in [0.4, 0.5) is 0 Å². The van der Waals surface area contributed by atoms with E-state index in [1.165, 1.54) is 0 Å². The molecule has 0 aromatic heterocycles. The Hall–Kier alpha value is -3.26. The fourth-order valence-electron chi connectivity index (χ4n) is 4.02. The average Bonchev–Trinajstić information content (AvgIpc) is 2.60. The zero-order chi connectivity index (χ0) is 16.6. The summed E-state index contributed by atoms with van der Waals surface area (Å²) in [4.78, 5) is 26.0. The monoisotopic (exact) mass is 308 g/mol. The highest BCUT2D eigenvalue weighted by Crippen LogP contribution is 2.41. The van der Waals surface area contributed by atoms with Crippen molar-refractivity contribution in [3.05, 3.63) is 80.3 Å². The van der Waals surface area contributed by atoms with E-state index in [-0.39, 0.29) is 10.9 Å². The van der Waals surface area contributed by atoms with Crippen LogP contribution in [0.15, 0.2) is 58.6 Å². The minimum absolute atomic E-state index is 0.000684. The molecule has 0 fully saturated rings. The van der Waals surface area contributed by atoms with Crippen molar-refractivity contribution in [1.82, 2.24) is 0 Å². The van der Waals surface area contributed by atoms with Gasteiger partial charge >= 0.3 is 0 Å². The molecular formula is C22H12O2. The molecule has 0 heterocycles. The molecular weight excluding hydrogens is 296 g/mol. The quantitative estimate of drug-likeness (QED) is 0.350. The van der Waals surface area contributed by atoms with Crippen LogP contribution in [0.25, 0.3) is 56.1 Å². The molecule has 0 aliphatic heterocycles. The molecule has 112 valence electrons. The fourth-order valence-corrected chi connectivity index (χ4v) is 4.02. The fraction of sp³-hybridized carbons (Fsp3) is 0. The maximum absolute atomic E-state index is 13.0. The van der Waals surface area contributed by atoms with Gasteiger partial charge in [0.25, 0.3) is 0 Å². The van der Waals surface area contributed by atoms with Gasteiger partial charge in [-0.3, -0.25) is 9.59 Å². The maximum atomic E-state index is 13.0. The van der Waals surface area contributed by atoms with E-state index < -0.39 is 0 Å². The second kappa shape index (κ2) is 4.18. The minimum atomic E-state index is -0.0550. The zero-order valence-corrected chi connectivity index (χ0v) is 12.8. The molecule has 2 aliphatic rings. The van der Waals surface area contributed by atoms with E-state index in [0.29, 0.717) is 21.7 Å². The summed E-state index contributed by atoms with van der Waals surface area (Å²) >= 11 is 0. The van der Waals surface area contributed by atoms with Gasteiger partial charge < -0.3 is 0 Å². The molecule has 2 aliphatic carbocycles. The van der Waals surface area contributed by atoms with E-state index in [1.807, 2.05) is 42.5 Å². The molecule has 0 radical (unpaired) electrons. The summed E-state index contributed by atoms with van der Waals surface area (Å²) < 4.78 is 0. The predicted molar refractivity (Wildman–Crippen MR) is 101 cm³/mol. The highest BCUT2D eigenvalue weighted by atomic mass is 16.1. The van der Waals surface area contributed by atoms with Crippen molar-refractivity contribution in [3.8, 4) is 11.1 Å². The standard InChI is InChI=1S/C22H12O2/c1-3-13-17-11(2)7-9-15-19(17)20-16(21(13)23)10-8-12-5-4-6-14(18(12)20)22(15)24/h3-10H,1-2H2. The second-order valence-corrected chi connectivity index (χ2v) is 6.19. The highest BCUT2D eigenvalue weighted by molar-refractivity contribution is 6.23. The van der Waals surface area contributed by atoms with Crippen LogP contribution in [-0.4, -0.2) is 0 Å². The van der Waals surface area contributed by atoms with Crippen molar-refractivity contribution in [1.29, 1.82) is 0 Å². The van der Waals surface area contributed by atoms with E-state index in [1.54, 1.807) is 6.08 Å². The molecule has 24 heavy (non-hydrogen) atoms. The Morgan fingerprint density at radius 1 is 0.750 bits per heavy atom. The van der Waals surface area contributed by atoms with Gasteiger partial charge in [-0.2, -0.15) is 0 Å². The van der Waals surface area contributed by atoms with Gasteiger partial charge in [0, 0.05) is 43.6 Å². The lowest BCUT2D eigenvalue weighted by Gasteiger charge is -2.19. The topological polar surface area (TPSA) is 34.1 Å². The lowest BCUT2D eigenvalue weighted by atomic mass is 9.81. The first kappa shape index (κ1) is 13.2. The van der Waals surface area contributed by atoms with Gasteiger partial charge in [-0.05, 0) is 22.7 Å². The van der Waals surface area contributed by atoms with E-state index in [4.69, 9.17) is 0 Å². The van der Waals surface area contributed by atoms with Crippen molar-refractivity contribution < 1.29 is 0 Å². The molecule has 0 saturated carbocycles. The summed E-state index contributed by atoms with van der Waals surface area (Å²) in [6.07, 6.45) is 1.57. The molecule has 3 aromatic rings. The number of benzene rings is 5. The summed E-state index contributed by atoms with van der Waals surface area (Å²) in [5.74, 6) is 0. The van der Waals surface area contributed by atoms with E-state index in [9.17, 15) is 9.59 Å². The maximum Gasteiger partial charge on any atom is 0.194 e. The lowest BCUT2D eigenvalue weighted by molar-refractivity contribution is 1.57. The van der Waals surface area contributed by atoms with Gasteiger partial charge in [0.05, 0.1) is 0 Å². The first-order valence-corrected chi connectivity index (χ1v) is 7.77. The summed E-state index contributed by atoms with van der Waals surface area (Å²) in [5.41, 5.74) is 2.17. The Morgan fingerprint density at radius 3 is 2.25 bits per heavy atom. The summed E-state index contributed by atoms with van der Waals surface area (Å²) in [7, 11) is 0. The largest absolute Gasteiger partial charge is 0.289 e. The van der Waals surface area contributed by atoms with Crippen molar-refractivity contribution in [2.24, 2.45) is 0 Å². The van der Waals surface area contributed by atoms with Gasteiger partial charge in [-0.15, -0.1) is 0 Å². The van der Waals surface area contributed by atoms with Gasteiger partial charge in [-0.1, -0.05) is 49.6 Å². The van der Waals surface area contributed by atoms with Crippen LogP contribution in [0.2, 0.25) is 0 Å². The van der Waals surface area contributed by atoms with Crippen molar-refractivity contribution in [3.63, 3.8) is 0 Å². The normalized spacial score (nSPS) is 12.0. The molecule has 2 heteroatoms. The predicted octanol–water partition coefficient (Wildman–Crippen LogP) is 3.62. The third-order valence-electron chi connectivity index (χ3n) is 5.04.